The first-order valence-corrected chi connectivity index (χ1v) is 9.65. The van der Waals surface area contributed by atoms with Crippen LogP contribution in [0.5, 0.6) is 0 Å². The van der Waals surface area contributed by atoms with E-state index >= 15 is 0 Å². The third-order valence-electron chi connectivity index (χ3n) is 3.69. The average Bonchev–Trinajstić information content (AvgIpc) is 2.66. The van der Waals surface area contributed by atoms with Crippen molar-refractivity contribution in [2.75, 3.05) is 18.1 Å². The lowest BCUT2D eigenvalue weighted by Crippen LogP contribution is -2.17. The molecule has 26 heavy (non-hydrogen) atoms. The van der Waals surface area contributed by atoms with Gasteiger partial charge in [0.05, 0.1) is 10.6 Å². The monoisotopic (exact) mass is 372 g/mol. The number of hydrogen-bond donors (Lipinski definition) is 2. The van der Waals surface area contributed by atoms with Crippen LogP contribution < -0.4 is 10.6 Å². The first-order chi connectivity index (χ1) is 12.4. The molecule has 0 atom stereocenters. The van der Waals surface area contributed by atoms with Crippen LogP contribution >= 0.6 is 0 Å². The fourth-order valence-corrected chi connectivity index (χ4v) is 3.04. The van der Waals surface area contributed by atoms with Gasteiger partial charge in [-0.25, -0.2) is 8.42 Å². The molecule has 2 rings (SSSR count). The predicted molar refractivity (Wildman–Crippen MR) is 102 cm³/mol. The lowest BCUT2D eigenvalue weighted by Gasteiger charge is -2.05. The fourth-order valence-electron chi connectivity index (χ4n) is 2.16. The zero-order valence-electron chi connectivity index (χ0n) is 14.5. The van der Waals surface area contributed by atoms with E-state index in [-0.39, 0.29) is 22.5 Å². The number of hydrogen-bond acceptors (Lipinski definition) is 4. The molecule has 2 amide bonds. The van der Waals surface area contributed by atoms with E-state index in [1.165, 1.54) is 18.2 Å². The van der Waals surface area contributed by atoms with E-state index in [0.29, 0.717) is 11.3 Å². The van der Waals surface area contributed by atoms with Crippen molar-refractivity contribution in [2.24, 2.45) is 0 Å². The van der Waals surface area contributed by atoms with Crippen LogP contribution in [-0.2, 0) is 14.6 Å². The van der Waals surface area contributed by atoms with Crippen molar-refractivity contribution in [1.82, 2.24) is 5.32 Å². The summed E-state index contributed by atoms with van der Waals surface area (Å²) in [5.74, 6) is -0.488. The van der Waals surface area contributed by atoms with Crippen molar-refractivity contribution in [3.8, 4) is 0 Å². The molecule has 0 heterocycles. The van der Waals surface area contributed by atoms with Gasteiger partial charge in [-0.3, -0.25) is 9.59 Å². The maximum Gasteiger partial charge on any atom is 0.251 e. The minimum atomic E-state index is -3.26. The number of sulfone groups is 1. The van der Waals surface area contributed by atoms with Gasteiger partial charge in [0.1, 0.15) is 0 Å². The largest absolute Gasteiger partial charge is 0.355 e. The summed E-state index contributed by atoms with van der Waals surface area (Å²) >= 11 is 0. The Bertz CT molecular complexity index is 915. The Morgan fingerprint density at radius 3 is 2.15 bits per heavy atom. The SMILES string of the molecule is CCS(=O)(=O)c1ccc(NC(=O)/C=C/c2ccc(C(=O)NC)cc2)cc1. The number of amides is 2. The minimum Gasteiger partial charge on any atom is -0.355 e. The van der Waals surface area contributed by atoms with Gasteiger partial charge in [-0.15, -0.1) is 0 Å². The van der Waals surface area contributed by atoms with E-state index < -0.39 is 9.84 Å². The second-order valence-corrected chi connectivity index (χ2v) is 7.73. The maximum absolute atomic E-state index is 12.0. The van der Waals surface area contributed by atoms with Gasteiger partial charge >= 0.3 is 0 Å². The molecule has 0 aromatic heterocycles. The quantitative estimate of drug-likeness (QED) is 0.762. The Balaban J connectivity index is 2.00. The lowest BCUT2D eigenvalue weighted by atomic mass is 10.1. The highest BCUT2D eigenvalue weighted by molar-refractivity contribution is 7.91. The second-order valence-electron chi connectivity index (χ2n) is 5.45. The van der Waals surface area contributed by atoms with E-state index in [9.17, 15) is 18.0 Å². The standard InChI is InChI=1S/C19H20N2O4S/c1-3-26(24,25)17-11-9-16(10-12-17)21-18(22)13-6-14-4-7-15(8-5-14)19(23)20-2/h4-13H,3H2,1-2H3,(H,20,23)(H,21,22)/b13-6+. The Morgan fingerprint density at radius 2 is 1.62 bits per heavy atom. The molecule has 0 unspecified atom stereocenters. The zero-order valence-corrected chi connectivity index (χ0v) is 15.3. The Morgan fingerprint density at radius 1 is 1.00 bits per heavy atom. The number of benzene rings is 2. The molecule has 136 valence electrons. The molecule has 2 aromatic carbocycles. The van der Waals surface area contributed by atoms with Gasteiger partial charge in [-0.1, -0.05) is 19.1 Å². The first kappa shape index (κ1) is 19.4. The zero-order chi connectivity index (χ0) is 19.2. The topological polar surface area (TPSA) is 92.3 Å². The van der Waals surface area contributed by atoms with Crippen LogP contribution in [0.2, 0.25) is 0 Å². The summed E-state index contributed by atoms with van der Waals surface area (Å²) in [6.07, 6.45) is 2.99. The molecule has 2 N–H and O–H groups in total. The number of anilines is 1. The fraction of sp³-hybridized carbons (Fsp3) is 0.158. The highest BCUT2D eigenvalue weighted by atomic mass is 32.2. The van der Waals surface area contributed by atoms with E-state index in [1.807, 2.05) is 0 Å². The summed E-state index contributed by atoms with van der Waals surface area (Å²) in [6.45, 7) is 1.58. The summed E-state index contributed by atoms with van der Waals surface area (Å²) < 4.78 is 23.5. The smallest absolute Gasteiger partial charge is 0.251 e. The van der Waals surface area contributed by atoms with Crippen molar-refractivity contribution in [3.63, 3.8) is 0 Å². The van der Waals surface area contributed by atoms with Crippen molar-refractivity contribution in [2.45, 2.75) is 11.8 Å². The molecule has 0 aliphatic carbocycles. The van der Waals surface area contributed by atoms with Gasteiger partial charge in [0.15, 0.2) is 9.84 Å². The normalized spacial score (nSPS) is 11.3. The van der Waals surface area contributed by atoms with Gasteiger partial charge in [0, 0.05) is 24.4 Å². The van der Waals surface area contributed by atoms with E-state index in [0.717, 1.165) is 5.56 Å². The van der Waals surface area contributed by atoms with Gasteiger partial charge < -0.3 is 10.6 Å². The van der Waals surface area contributed by atoms with Crippen LogP contribution in [0, 0.1) is 0 Å². The van der Waals surface area contributed by atoms with Gasteiger partial charge in [0.2, 0.25) is 5.91 Å². The van der Waals surface area contributed by atoms with Crippen LogP contribution in [-0.4, -0.2) is 33.0 Å². The maximum atomic E-state index is 12.0. The molecule has 0 spiro atoms. The Labute approximate surface area is 152 Å². The van der Waals surface area contributed by atoms with Crippen molar-refractivity contribution >= 4 is 33.4 Å². The molecule has 7 heteroatoms. The summed E-state index contributed by atoms with van der Waals surface area (Å²) in [5.41, 5.74) is 1.82. The van der Waals surface area contributed by atoms with Crippen LogP contribution in [0.15, 0.2) is 59.5 Å². The van der Waals surface area contributed by atoms with Gasteiger partial charge in [0.25, 0.3) is 5.91 Å². The Kier molecular flexibility index (Phi) is 6.30. The van der Waals surface area contributed by atoms with E-state index in [4.69, 9.17) is 0 Å². The van der Waals surface area contributed by atoms with Crippen molar-refractivity contribution in [1.29, 1.82) is 0 Å². The van der Waals surface area contributed by atoms with Crippen LogP contribution in [0.25, 0.3) is 6.08 Å². The van der Waals surface area contributed by atoms with Crippen LogP contribution in [0.4, 0.5) is 5.69 Å². The highest BCUT2D eigenvalue weighted by Gasteiger charge is 2.11. The lowest BCUT2D eigenvalue weighted by molar-refractivity contribution is -0.111. The summed E-state index contributed by atoms with van der Waals surface area (Å²) in [7, 11) is -1.70. The number of carbonyl (C=O) groups is 2. The van der Waals surface area contributed by atoms with Crippen molar-refractivity contribution in [3.05, 3.63) is 65.7 Å². The molecular weight excluding hydrogens is 352 g/mol. The molecule has 0 radical (unpaired) electrons. The molecule has 0 aliphatic rings. The Hall–Kier alpha value is -2.93. The molecule has 0 bridgehead atoms. The van der Waals surface area contributed by atoms with E-state index in [2.05, 4.69) is 10.6 Å². The number of rotatable bonds is 6. The van der Waals surface area contributed by atoms with Crippen molar-refractivity contribution < 1.29 is 18.0 Å². The molecule has 2 aromatic rings. The molecule has 0 fully saturated rings. The highest BCUT2D eigenvalue weighted by Crippen LogP contribution is 2.15. The second kappa shape index (κ2) is 8.44. The average molecular weight is 372 g/mol. The van der Waals surface area contributed by atoms with E-state index in [1.54, 1.807) is 56.4 Å². The molecule has 0 aliphatic heterocycles. The predicted octanol–water partition coefficient (Wildman–Crippen LogP) is 2.49. The molecular formula is C19H20N2O4S. The number of carbonyl (C=O) groups excluding carboxylic acids is 2. The minimum absolute atomic E-state index is 0.0279. The third kappa shape index (κ3) is 5.03. The molecule has 0 saturated heterocycles. The summed E-state index contributed by atoms with van der Waals surface area (Å²) in [5, 5.41) is 5.20. The van der Waals surface area contributed by atoms with Crippen LogP contribution in [0.3, 0.4) is 0 Å². The molecule has 0 saturated carbocycles. The summed E-state index contributed by atoms with van der Waals surface area (Å²) in [6, 6.07) is 12.8. The number of nitrogens with one attached hydrogen (secondary N) is 2. The van der Waals surface area contributed by atoms with Crippen LogP contribution in [0.1, 0.15) is 22.8 Å². The van der Waals surface area contributed by atoms with Gasteiger partial charge in [-0.05, 0) is 48.0 Å². The molecule has 6 nitrogen and oxygen atoms in total. The summed E-state index contributed by atoms with van der Waals surface area (Å²) in [4.78, 5) is 23.7. The third-order valence-corrected chi connectivity index (χ3v) is 5.44. The first-order valence-electron chi connectivity index (χ1n) is 7.99. The van der Waals surface area contributed by atoms with Gasteiger partial charge in [-0.2, -0.15) is 0 Å².